The van der Waals surface area contributed by atoms with Crippen molar-refractivity contribution < 1.29 is 0 Å². The Morgan fingerprint density at radius 1 is 1.21 bits per heavy atom. The van der Waals surface area contributed by atoms with Crippen molar-refractivity contribution in [2.75, 3.05) is 0 Å². The molecule has 132 valence electrons. The summed E-state index contributed by atoms with van der Waals surface area (Å²) >= 11 is 4.94. The van der Waals surface area contributed by atoms with Crippen LogP contribution < -0.4 is 11.2 Å². The summed E-state index contributed by atoms with van der Waals surface area (Å²) in [5, 5.41) is 4.89. The van der Waals surface area contributed by atoms with E-state index in [4.69, 9.17) is 18.0 Å². The number of thiocarbonyl (C=S) groups is 1. The second-order valence-corrected chi connectivity index (χ2v) is 9.54. The number of hydrazone groups is 1. The summed E-state index contributed by atoms with van der Waals surface area (Å²) in [5.41, 5.74) is 10.6. The van der Waals surface area contributed by atoms with Crippen LogP contribution in [0.1, 0.15) is 65.2 Å². The minimum Gasteiger partial charge on any atom is -0.375 e. The van der Waals surface area contributed by atoms with E-state index in [1.165, 1.54) is 50.7 Å². The molecule has 6 atom stereocenters. The summed E-state index contributed by atoms with van der Waals surface area (Å²) in [5.74, 6) is 3.50. The van der Waals surface area contributed by atoms with Gasteiger partial charge in [-0.3, -0.25) is 5.43 Å². The number of nitrogens with two attached hydrogens (primary N) is 1. The molecule has 3 nitrogen and oxygen atoms in total. The number of hydrogen-bond acceptors (Lipinski definition) is 2. The summed E-state index contributed by atoms with van der Waals surface area (Å²) in [4.78, 5) is 0. The molecule has 0 amide bonds. The molecule has 3 saturated carbocycles. The first-order valence-corrected chi connectivity index (χ1v) is 10.1. The highest BCUT2D eigenvalue weighted by molar-refractivity contribution is 7.80. The minimum absolute atomic E-state index is 0.257. The molecule has 0 saturated heterocycles. The van der Waals surface area contributed by atoms with E-state index in [1.54, 1.807) is 0 Å². The van der Waals surface area contributed by atoms with Gasteiger partial charge >= 0.3 is 0 Å². The van der Waals surface area contributed by atoms with E-state index in [2.05, 4.69) is 36.5 Å². The lowest BCUT2D eigenvalue weighted by molar-refractivity contribution is -0.0761. The summed E-state index contributed by atoms with van der Waals surface area (Å²) in [7, 11) is 0. The third-order valence-electron chi connectivity index (χ3n) is 8.25. The molecule has 0 aromatic rings. The van der Waals surface area contributed by atoms with Gasteiger partial charge in [0, 0.05) is 11.1 Å². The fourth-order valence-electron chi connectivity index (χ4n) is 6.93. The molecule has 3 fully saturated rings. The van der Waals surface area contributed by atoms with Crippen molar-refractivity contribution in [3.05, 3.63) is 12.2 Å². The van der Waals surface area contributed by atoms with Gasteiger partial charge in [-0.25, -0.2) is 0 Å². The molecule has 24 heavy (non-hydrogen) atoms. The van der Waals surface area contributed by atoms with E-state index >= 15 is 0 Å². The van der Waals surface area contributed by atoms with Crippen LogP contribution in [0.4, 0.5) is 0 Å². The highest BCUT2D eigenvalue weighted by Gasteiger charge is 2.58. The van der Waals surface area contributed by atoms with Crippen LogP contribution in [0.3, 0.4) is 0 Å². The van der Waals surface area contributed by atoms with Gasteiger partial charge in [0.05, 0.1) is 0 Å². The molecule has 4 rings (SSSR count). The predicted octanol–water partition coefficient (Wildman–Crippen LogP) is 4.38. The van der Waals surface area contributed by atoms with Crippen molar-refractivity contribution in [3.8, 4) is 0 Å². The molecular weight excluding hydrogens is 314 g/mol. The second kappa shape index (κ2) is 5.82. The van der Waals surface area contributed by atoms with Gasteiger partial charge in [-0.1, -0.05) is 26.0 Å². The first kappa shape index (κ1) is 16.6. The van der Waals surface area contributed by atoms with Crippen LogP contribution in [0, 0.1) is 34.5 Å². The van der Waals surface area contributed by atoms with Crippen molar-refractivity contribution in [1.82, 2.24) is 5.43 Å². The van der Waals surface area contributed by atoms with Crippen LogP contribution >= 0.6 is 12.2 Å². The fraction of sp³-hybridized carbons (Fsp3) is 0.800. The summed E-state index contributed by atoms with van der Waals surface area (Å²) in [6.45, 7) is 5.05. The van der Waals surface area contributed by atoms with Gasteiger partial charge < -0.3 is 5.73 Å². The molecule has 3 N–H and O–H groups in total. The Balaban J connectivity index is 1.60. The van der Waals surface area contributed by atoms with Crippen molar-refractivity contribution in [2.45, 2.75) is 65.2 Å². The second-order valence-electron chi connectivity index (χ2n) is 9.10. The molecule has 0 aromatic heterocycles. The maximum atomic E-state index is 5.59. The molecule has 0 bridgehead atoms. The molecule has 4 aliphatic carbocycles. The zero-order valence-electron chi connectivity index (χ0n) is 15.1. The summed E-state index contributed by atoms with van der Waals surface area (Å²) < 4.78 is 0. The van der Waals surface area contributed by atoms with Crippen LogP contribution in [0.2, 0.25) is 0 Å². The lowest BCUT2D eigenvalue weighted by Gasteiger charge is -2.59. The van der Waals surface area contributed by atoms with E-state index < -0.39 is 0 Å². The Morgan fingerprint density at radius 3 is 2.83 bits per heavy atom. The molecule has 3 unspecified atom stereocenters. The Kier molecular flexibility index (Phi) is 4.02. The zero-order chi connectivity index (χ0) is 16.9. The van der Waals surface area contributed by atoms with E-state index in [1.807, 2.05) is 0 Å². The average molecular weight is 346 g/mol. The summed E-state index contributed by atoms with van der Waals surface area (Å²) in [6, 6.07) is 0. The van der Waals surface area contributed by atoms with E-state index in [0.29, 0.717) is 5.41 Å². The quantitative estimate of drug-likeness (QED) is 0.421. The largest absolute Gasteiger partial charge is 0.375 e. The predicted molar refractivity (Wildman–Crippen MR) is 104 cm³/mol. The van der Waals surface area contributed by atoms with E-state index in [9.17, 15) is 0 Å². The molecule has 0 radical (unpaired) electrons. The smallest absolute Gasteiger partial charge is 0.184 e. The Hall–Kier alpha value is -0.900. The Bertz CT molecular complexity index is 598. The van der Waals surface area contributed by atoms with Crippen LogP contribution in [0.25, 0.3) is 0 Å². The van der Waals surface area contributed by atoms with Crippen molar-refractivity contribution in [2.24, 2.45) is 45.3 Å². The maximum absolute atomic E-state index is 5.59. The highest BCUT2D eigenvalue weighted by atomic mass is 32.1. The SMILES string of the molecule is C[C@]12CCC3C(CC[C@H]4CC=CC[C@]34C)C1CC/C2=N/NC(N)=S. The van der Waals surface area contributed by atoms with Gasteiger partial charge in [0.25, 0.3) is 0 Å². The standard InChI is InChI=1S/C20H31N3S/c1-19-11-4-3-5-13(19)6-7-14-15-8-9-17(22-23-18(21)24)20(15,2)12-10-16(14)19/h3-4,13-16H,5-12H2,1-2H3,(H3,21,23,24)/b22-17-/t13-,14?,15?,16?,19+,20+/m1/s1. The number of allylic oxidation sites excluding steroid dienone is 2. The van der Waals surface area contributed by atoms with Crippen LogP contribution in [-0.2, 0) is 0 Å². The van der Waals surface area contributed by atoms with Crippen molar-refractivity contribution >= 4 is 23.0 Å². The lowest BCUT2D eigenvalue weighted by Crippen LogP contribution is -2.52. The number of nitrogens with one attached hydrogen (secondary N) is 1. The van der Waals surface area contributed by atoms with Crippen molar-refractivity contribution in [1.29, 1.82) is 0 Å². The van der Waals surface area contributed by atoms with Crippen LogP contribution in [0.15, 0.2) is 17.3 Å². The number of hydrogen-bond donors (Lipinski definition) is 2. The average Bonchev–Trinajstić information content (AvgIpc) is 2.89. The Morgan fingerprint density at radius 2 is 2.04 bits per heavy atom. The maximum Gasteiger partial charge on any atom is 0.184 e. The van der Waals surface area contributed by atoms with Gasteiger partial charge in [0.2, 0.25) is 0 Å². The zero-order valence-corrected chi connectivity index (χ0v) is 15.9. The summed E-state index contributed by atoms with van der Waals surface area (Å²) in [6.07, 6.45) is 15.4. The third-order valence-corrected chi connectivity index (χ3v) is 8.34. The molecule has 0 spiro atoms. The highest BCUT2D eigenvalue weighted by Crippen LogP contribution is 2.64. The van der Waals surface area contributed by atoms with Gasteiger partial charge in [0.15, 0.2) is 5.11 Å². The Labute approximate surface area is 151 Å². The van der Waals surface area contributed by atoms with Crippen molar-refractivity contribution in [3.63, 3.8) is 0 Å². The van der Waals surface area contributed by atoms with E-state index in [0.717, 1.165) is 30.1 Å². The first-order chi connectivity index (χ1) is 11.4. The third kappa shape index (κ3) is 2.36. The lowest BCUT2D eigenvalue weighted by atomic mass is 9.46. The first-order valence-electron chi connectivity index (χ1n) is 9.72. The molecule has 4 aliphatic rings. The molecular formula is C20H31N3S. The van der Waals surface area contributed by atoms with Gasteiger partial charge in [-0.15, -0.1) is 0 Å². The van der Waals surface area contributed by atoms with Gasteiger partial charge in [-0.2, -0.15) is 5.10 Å². The fourth-order valence-corrected chi connectivity index (χ4v) is 6.98. The van der Waals surface area contributed by atoms with Crippen LogP contribution in [-0.4, -0.2) is 10.8 Å². The molecule has 4 heteroatoms. The minimum atomic E-state index is 0.257. The molecule has 0 heterocycles. The number of fused-ring (bicyclic) bond motifs is 5. The molecule has 0 aromatic carbocycles. The van der Waals surface area contributed by atoms with E-state index in [-0.39, 0.29) is 10.5 Å². The van der Waals surface area contributed by atoms with Gasteiger partial charge in [0.1, 0.15) is 0 Å². The topological polar surface area (TPSA) is 50.4 Å². The number of rotatable bonds is 1. The monoisotopic (exact) mass is 345 g/mol. The normalized spacial score (nSPS) is 48.5. The number of nitrogens with zero attached hydrogens (tertiary/aromatic N) is 1. The van der Waals surface area contributed by atoms with Gasteiger partial charge in [-0.05, 0) is 92.7 Å². The molecule has 0 aliphatic heterocycles. The van der Waals surface area contributed by atoms with Crippen LogP contribution in [0.5, 0.6) is 0 Å².